The molecule has 37 heavy (non-hydrogen) atoms. The highest BCUT2D eigenvalue weighted by Crippen LogP contribution is 2.26. The lowest BCUT2D eigenvalue weighted by Gasteiger charge is -2.36. The van der Waals surface area contributed by atoms with Gasteiger partial charge in [0.25, 0.3) is 5.91 Å². The summed E-state index contributed by atoms with van der Waals surface area (Å²) in [4.78, 5) is 32.3. The van der Waals surface area contributed by atoms with Gasteiger partial charge in [0.2, 0.25) is 5.91 Å². The molecule has 1 aliphatic heterocycles. The molecule has 4 rings (SSSR count). The van der Waals surface area contributed by atoms with Crippen LogP contribution in [0, 0.1) is 11.7 Å². The van der Waals surface area contributed by atoms with Gasteiger partial charge in [-0.1, -0.05) is 55.7 Å². The Morgan fingerprint density at radius 2 is 1.78 bits per heavy atom. The van der Waals surface area contributed by atoms with E-state index in [-0.39, 0.29) is 17.7 Å². The molecule has 198 valence electrons. The molecule has 1 aliphatic carbocycles. The van der Waals surface area contributed by atoms with Crippen LogP contribution < -0.4 is 4.74 Å². The predicted octanol–water partition coefficient (Wildman–Crippen LogP) is 4.71. The summed E-state index contributed by atoms with van der Waals surface area (Å²) in [7, 11) is 1.66. The lowest BCUT2D eigenvalue weighted by molar-refractivity contribution is -0.136. The van der Waals surface area contributed by atoms with E-state index < -0.39 is 5.82 Å². The van der Waals surface area contributed by atoms with E-state index in [0.29, 0.717) is 31.7 Å². The molecule has 0 N–H and O–H groups in total. The quantitative estimate of drug-likeness (QED) is 0.493. The first-order valence-corrected chi connectivity index (χ1v) is 13.4. The van der Waals surface area contributed by atoms with Crippen molar-refractivity contribution in [3.63, 3.8) is 0 Å². The Kier molecular flexibility index (Phi) is 9.71. The summed E-state index contributed by atoms with van der Waals surface area (Å²) in [6.07, 6.45) is 9.51. The molecule has 0 radical (unpaired) electrons. The summed E-state index contributed by atoms with van der Waals surface area (Å²) in [6, 6.07) is 13.7. The number of hydrogen-bond donors (Lipinski definition) is 0. The Morgan fingerprint density at radius 1 is 1.03 bits per heavy atom. The highest BCUT2D eigenvalue weighted by Gasteiger charge is 2.27. The van der Waals surface area contributed by atoms with E-state index in [0.717, 1.165) is 56.6 Å². The van der Waals surface area contributed by atoms with Gasteiger partial charge in [0.15, 0.2) is 0 Å². The first-order chi connectivity index (χ1) is 18.0. The SMILES string of the molecule is COc1ccccc1/C=C/CN(CCN1CCN(C(=O)c2cccc(F)c2)CC1)C(=O)C1CCCCC1. The fraction of sp³-hybridized carbons (Fsp3) is 0.467. The van der Waals surface area contributed by atoms with Gasteiger partial charge in [0.05, 0.1) is 7.11 Å². The van der Waals surface area contributed by atoms with Crippen molar-refractivity contribution in [2.45, 2.75) is 32.1 Å². The van der Waals surface area contributed by atoms with Crippen LogP contribution in [0.5, 0.6) is 5.75 Å². The van der Waals surface area contributed by atoms with Crippen LogP contribution >= 0.6 is 0 Å². The second-order valence-corrected chi connectivity index (χ2v) is 9.91. The van der Waals surface area contributed by atoms with E-state index in [1.165, 1.54) is 18.6 Å². The zero-order valence-electron chi connectivity index (χ0n) is 21.8. The normalized spacial score (nSPS) is 17.2. The monoisotopic (exact) mass is 507 g/mol. The number of carbonyl (C=O) groups excluding carboxylic acids is 2. The molecule has 0 atom stereocenters. The van der Waals surface area contributed by atoms with Crippen molar-refractivity contribution >= 4 is 17.9 Å². The Hall–Kier alpha value is -3.19. The van der Waals surface area contributed by atoms with Crippen LogP contribution in [0.1, 0.15) is 48.0 Å². The third kappa shape index (κ3) is 7.41. The minimum absolute atomic E-state index is 0.120. The molecular formula is C30H38FN3O3. The lowest BCUT2D eigenvalue weighted by Crippen LogP contribution is -2.51. The first-order valence-electron chi connectivity index (χ1n) is 13.4. The van der Waals surface area contributed by atoms with E-state index in [9.17, 15) is 14.0 Å². The van der Waals surface area contributed by atoms with Crippen LogP contribution in [0.4, 0.5) is 4.39 Å². The van der Waals surface area contributed by atoms with Crippen molar-refractivity contribution in [3.8, 4) is 5.75 Å². The molecule has 0 unspecified atom stereocenters. The average Bonchev–Trinajstić information content (AvgIpc) is 2.95. The number of amides is 2. The van der Waals surface area contributed by atoms with Crippen LogP contribution in [0.15, 0.2) is 54.6 Å². The second kappa shape index (κ2) is 13.4. The van der Waals surface area contributed by atoms with E-state index in [4.69, 9.17) is 4.74 Å². The Morgan fingerprint density at radius 3 is 2.51 bits per heavy atom. The van der Waals surface area contributed by atoms with Gasteiger partial charge in [-0.05, 0) is 37.1 Å². The van der Waals surface area contributed by atoms with E-state index in [2.05, 4.69) is 4.90 Å². The van der Waals surface area contributed by atoms with Gasteiger partial charge >= 0.3 is 0 Å². The number of piperazine rings is 1. The Labute approximate surface area is 219 Å². The zero-order valence-corrected chi connectivity index (χ0v) is 21.8. The Balaban J connectivity index is 1.33. The maximum atomic E-state index is 13.5. The number of ether oxygens (including phenoxy) is 1. The second-order valence-electron chi connectivity index (χ2n) is 9.91. The molecule has 0 spiro atoms. The fourth-order valence-electron chi connectivity index (χ4n) is 5.25. The highest BCUT2D eigenvalue weighted by atomic mass is 19.1. The molecule has 2 aromatic rings. The van der Waals surface area contributed by atoms with Crippen LogP contribution in [0.2, 0.25) is 0 Å². The largest absolute Gasteiger partial charge is 0.496 e. The van der Waals surface area contributed by atoms with Crippen LogP contribution in [0.25, 0.3) is 6.08 Å². The molecule has 1 heterocycles. The number of halogens is 1. The maximum Gasteiger partial charge on any atom is 0.254 e. The average molecular weight is 508 g/mol. The summed E-state index contributed by atoms with van der Waals surface area (Å²) in [6.45, 7) is 4.66. The van der Waals surface area contributed by atoms with Crippen LogP contribution in [0.3, 0.4) is 0 Å². The molecule has 2 amide bonds. The number of carbonyl (C=O) groups is 2. The van der Waals surface area contributed by atoms with Crippen molar-refractivity contribution in [2.75, 3.05) is 52.9 Å². The summed E-state index contributed by atoms with van der Waals surface area (Å²) in [5.41, 5.74) is 1.38. The molecule has 1 saturated carbocycles. The number of benzene rings is 2. The molecule has 0 aromatic heterocycles. The molecule has 0 bridgehead atoms. The topological polar surface area (TPSA) is 53.1 Å². The summed E-state index contributed by atoms with van der Waals surface area (Å²) < 4.78 is 19.0. The fourth-order valence-corrected chi connectivity index (χ4v) is 5.25. The van der Waals surface area contributed by atoms with Crippen LogP contribution in [-0.4, -0.2) is 79.4 Å². The molecule has 7 heteroatoms. The number of para-hydroxylation sites is 1. The van der Waals surface area contributed by atoms with E-state index in [1.807, 2.05) is 41.3 Å². The van der Waals surface area contributed by atoms with Gasteiger partial charge < -0.3 is 14.5 Å². The van der Waals surface area contributed by atoms with Gasteiger partial charge in [-0.25, -0.2) is 4.39 Å². The van der Waals surface area contributed by atoms with Crippen molar-refractivity contribution in [2.24, 2.45) is 5.92 Å². The molecular weight excluding hydrogens is 469 g/mol. The van der Waals surface area contributed by atoms with E-state index >= 15 is 0 Å². The van der Waals surface area contributed by atoms with Gasteiger partial charge in [0.1, 0.15) is 11.6 Å². The number of hydrogen-bond acceptors (Lipinski definition) is 4. The third-order valence-corrected chi connectivity index (χ3v) is 7.45. The molecule has 2 aliphatic rings. The summed E-state index contributed by atoms with van der Waals surface area (Å²) in [5, 5.41) is 0. The van der Waals surface area contributed by atoms with Crippen molar-refractivity contribution in [1.82, 2.24) is 14.7 Å². The Bertz CT molecular complexity index is 1080. The van der Waals surface area contributed by atoms with Gasteiger partial charge in [-0.15, -0.1) is 0 Å². The number of rotatable bonds is 9. The van der Waals surface area contributed by atoms with Crippen molar-refractivity contribution < 1.29 is 18.7 Å². The van der Waals surface area contributed by atoms with Gasteiger partial charge in [0, 0.05) is 62.9 Å². The van der Waals surface area contributed by atoms with Gasteiger partial charge in [-0.3, -0.25) is 14.5 Å². The third-order valence-electron chi connectivity index (χ3n) is 7.45. The lowest BCUT2D eigenvalue weighted by atomic mass is 9.88. The van der Waals surface area contributed by atoms with Crippen molar-refractivity contribution in [3.05, 3.63) is 71.6 Å². The minimum atomic E-state index is -0.396. The van der Waals surface area contributed by atoms with Crippen LogP contribution in [-0.2, 0) is 4.79 Å². The highest BCUT2D eigenvalue weighted by molar-refractivity contribution is 5.94. The number of nitrogens with zero attached hydrogens (tertiary/aromatic N) is 3. The first kappa shape index (κ1) is 26.9. The molecule has 2 aromatic carbocycles. The summed E-state index contributed by atoms with van der Waals surface area (Å²) >= 11 is 0. The minimum Gasteiger partial charge on any atom is -0.496 e. The summed E-state index contributed by atoms with van der Waals surface area (Å²) in [5.74, 6) is 0.662. The zero-order chi connectivity index (χ0) is 26.0. The van der Waals surface area contributed by atoms with E-state index in [1.54, 1.807) is 24.1 Å². The molecule has 6 nitrogen and oxygen atoms in total. The standard InChI is InChI=1S/C30H38FN3O3/c1-37-28-15-6-5-9-24(28)13-8-16-33(29(35)25-10-3-2-4-11-25)20-17-32-18-21-34(22-19-32)30(36)26-12-7-14-27(31)23-26/h5-9,12-15,23,25H,2-4,10-11,16-22H2,1H3/b13-8+. The smallest absolute Gasteiger partial charge is 0.254 e. The maximum absolute atomic E-state index is 13.5. The molecule has 2 fully saturated rings. The van der Waals surface area contributed by atoms with Crippen molar-refractivity contribution in [1.29, 1.82) is 0 Å². The predicted molar refractivity (Wildman–Crippen MR) is 144 cm³/mol. The molecule has 1 saturated heterocycles. The van der Waals surface area contributed by atoms with Gasteiger partial charge in [-0.2, -0.15) is 0 Å². The number of methoxy groups -OCH3 is 1.